The van der Waals surface area contributed by atoms with Gasteiger partial charge in [-0.1, -0.05) is 0 Å². The Labute approximate surface area is 150 Å². The number of hydrogen-bond donors (Lipinski definition) is 2. The first-order valence-corrected chi connectivity index (χ1v) is 8.37. The molecule has 7 heteroatoms. The van der Waals surface area contributed by atoms with Crippen LogP contribution in [0.2, 0.25) is 0 Å². The smallest absolute Gasteiger partial charge is 0.246 e. The molecule has 5 nitrogen and oxygen atoms in total. The summed E-state index contributed by atoms with van der Waals surface area (Å²) in [5, 5.41) is 5.56. The third-order valence-electron chi connectivity index (χ3n) is 4.22. The lowest BCUT2D eigenvalue weighted by Gasteiger charge is -2.18. The maximum atomic E-state index is 13.2. The second-order valence-electron chi connectivity index (χ2n) is 6.18. The fraction of sp³-hybridized carbons (Fsp3) is 0.263. The molecule has 2 N–H and O–H groups in total. The van der Waals surface area contributed by atoms with Gasteiger partial charge in [-0.3, -0.25) is 9.59 Å². The zero-order valence-corrected chi connectivity index (χ0v) is 14.3. The van der Waals surface area contributed by atoms with Crippen LogP contribution in [0.25, 0.3) is 0 Å². The van der Waals surface area contributed by atoms with Crippen LogP contribution in [0, 0.1) is 11.6 Å². The molecule has 0 bridgehead atoms. The zero-order valence-electron chi connectivity index (χ0n) is 14.3. The monoisotopic (exact) mass is 359 g/mol. The molecule has 1 saturated heterocycles. The van der Waals surface area contributed by atoms with Crippen molar-refractivity contribution in [3.05, 3.63) is 54.1 Å². The summed E-state index contributed by atoms with van der Waals surface area (Å²) in [7, 11) is 0. The summed E-state index contributed by atoms with van der Waals surface area (Å²) >= 11 is 0. The highest BCUT2D eigenvalue weighted by Gasteiger charge is 2.21. The fourth-order valence-corrected chi connectivity index (χ4v) is 2.80. The minimum atomic E-state index is -1.02. The molecule has 0 aromatic heterocycles. The molecule has 1 atom stereocenters. The van der Waals surface area contributed by atoms with Gasteiger partial charge >= 0.3 is 0 Å². The minimum absolute atomic E-state index is 0.116. The summed E-state index contributed by atoms with van der Waals surface area (Å²) in [5.74, 6) is -2.25. The number of benzene rings is 2. The molecule has 0 radical (unpaired) electrons. The first-order chi connectivity index (χ1) is 12.4. The Balaban J connectivity index is 1.59. The van der Waals surface area contributed by atoms with Gasteiger partial charge in [0, 0.05) is 36.1 Å². The molecule has 2 amide bonds. The molecule has 1 fully saturated rings. The molecular formula is C19H19F2N3O2. The van der Waals surface area contributed by atoms with Crippen molar-refractivity contribution in [3.8, 4) is 0 Å². The standard InChI is InChI=1S/C19H19F2N3O2/c1-12(19(26)23-14-6-9-16(20)17(21)11-14)22-13-4-7-15(8-5-13)24-10-2-3-18(24)25/h4-9,11-12,22H,2-3,10H2,1H3,(H,23,26). The van der Waals surface area contributed by atoms with E-state index in [0.29, 0.717) is 12.1 Å². The van der Waals surface area contributed by atoms with Crippen LogP contribution < -0.4 is 15.5 Å². The highest BCUT2D eigenvalue weighted by atomic mass is 19.2. The van der Waals surface area contributed by atoms with Gasteiger partial charge in [-0.2, -0.15) is 0 Å². The molecular weight excluding hydrogens is 340 g/mol. The quantitative estimate of drug-likeness (QED) is 0.859. The van der Waals surface area contributed by atoms with Gasteiger partial charge in [0.25, 0.3) is 0 Å². The van der Waals surface area contributed by atoms with Crippen LogP contribution in [-0.4, -0.2) is 24.4 Å². The van der Waals surface area contributed by atoms with Crippen molar-refractivity contribution in [1.82, 2.24) is 0 Å². The van der Waals surface area contributed by atoms with Crippen LogP contribution in [0.3, 0.4) is 0 Å². The van der Waals surface area contributed by atoms with E-state index in [-0.39, 0.29) is 17.5 Å². The predicted octanol–water partition coefficient (Wildman–Crippen LogP) is 3.53. The van der Waals surface area contributed by atoms with E-state index in [1.807, 2.05) is 12.1 Å². The number of nitrogens with one attached hydrogen (secondary N) is 2. The fourth-order valence-electron chi connectivity index (χ4n) is 2.80. The van der Waals surface area contributed by atoms with E-state index >= 15 is 0 Å². The van der Waals surface area contributed by atoms with E-state index in [2.05, 4.69) is 10.6 Å². The number of amides is 2. The van der Waals surface area contributed by atoms with Gasteiger partial charge in [-0.15, -0.1) is 0 Å². The molecule has 1 heterocycles. The largest absolute Gasteiger partial charge is 0.374 e. The van der Waals surface area contributed by atoms with Gasteiger partial charge in [-0.05, 0) is 49.7 Å². The van der Waals surface area contributed by atoms with E-state index in [4.69, 9.17) is 0 Å². The number of nitrogens with zero attached hydrogens (tertiary/aromatic N) is 1. The van der Waals surface area contributed by atoms with Crippen LogP contribution >= 0.6 is 0 Å². The molecule has 0 spiro atoms. The lowest BCUT2D eigenvalue weighted by atomic mass is 10.2. The minimum Gasteiger partial charge on any atom is -0.374 e. The molecule has 1 aliphatic heterocycles. The zero-order chi connectivity index (χ0) is 18.7. The van der Waals surface area contributed by atoms with E-state index in [1.165, 1.54) is 6.07 Å². The van der Waals surface area contributed by atoms with Gasteiger partial charge in [-0.25, -0.2) is 8.78 Å². The number of hydrogen-bond acceptors (Lipinski definition) is 3. The Hall–Kier alpha value is -2.96. The summed E-state index contributed by atoms with van der Waals surface area (Å²) < 4.78 is 26.1. The van der Waals surface area contributed by atoms with E-state index in [1.54, 1.807) is 24.0 Å². The Bertz CT molecular complexity index is 824. The highest BCUT2D eigenvalue weighted by molar-refractivity contribution is 5.97. The lowest BCUT2D eigenvalue weighted by Crippen LogP contribution is -2.32. The van der Waals surface area contributed by atoms with Crippen molar-refractivity contribution in [3.63, 3.8) is 0 Å². The van der Waals surface area contributed by atoms with Crippen LogP contribution in [0.5, 0.6) is 0 Å². The van der Waals surface area contributed by atoms with Crippen LogP contribution in [0.4, 0.5) is 25.8 Å². The van der Waals surface area contributed by atoms with Crippen LogP contribution in [0.15, 0.2) is 42.5 Å². The van der Waals surface area contributed by atoms with Crippen molar-refractivity contribution in [2.75, 3.05) is 22.1 Å². The normalized spacial score (nSPS) is 15.0. The molecule has 136 valence electrons. The van der Waals surface area contributed by atoms with Crippen molar-refractivity contribution in [1.29, 1.82) is 0 Å². The van der Waals surface area contributed by atoms with E-state index in [9.17, 15) is 18.4 Å². The number of rotatable bonds is 5. The number of anilines is 3. The summed E-state index contributed by atoms with van der Waals surface area (Å²) in [6.45, 7) is 2.38. The average molecular weight is 359 g/mol. The second-order valence-corrected chi connectivity index (χ2v) is 6.18. The third-order valence-corrected chi connectivity index (χ3v) is 4.22. The summed E-state index contributed by atoms with van der Waals surface area (Å²) in [5.41, 5.74) is 1.73. The van der Waals surface area contributed by atoms with Crippen LogP contribution in [-0.2, 0) is 9.59 Å². The Morgan fingerprint density at radius 2 is 1.77 bits per heavy atom. The maximum absolute atomic E-state index is 13.2. The third kappa shape index (κ3) is 3.99. The summed E-state index contributed by atoms with van der Waals surface area (Å²) in [6, 6.07) is 9.83. The molecule has 1 unspecified atom stereocenters. The molecule has 2 aromatic carbocycles. The van der Waals surface area contributed by atoms with Gasteiger partial charge < -0.3 is 15.5 Å². The summed E-state index contributed by atoms with van der Waals surface area (Å²) in [4.78, 5) is 25.7. The van der Waals surface area contributed by atoms with Gasteiger partial charge in [0.15, 0.2) is 11.6 Å². The predicted molar refractivity (Wildman–Crippen MR) is 96.1 cm³/mol. The molecule has 1 aliphatic rings. The first-order valence-electron chi connectivity index (χ1n) is 8.37. The topological polar surface area (TPSA) is 61.4 Å². The molecule has 2 aromatic rings. The van der Waals surface area contributed by atoms with Gasteiger partial charge in [0.2, 0.25) is 11.8 Å². The van der Waals surface area contributed by atoms with Crippen molar-refractivity contribution >= 4 is 28.9 Å². The number of carbonyl (C=O) groups excluding carboxylic acids is 2. The maximum Gasteiger partial charge on any atom is 0.246 e. The highest BCUT2D eigenvalue weighted by Crippen LogP contribution is 2.23. The first kappa shape index (κ1) is 17.8. The SMILES string of the molecule is CC(Nc1ccc(N2CCCC2=O)cc1)C(=O)Nc1ccc(F)c(F)c1. The van der Waals surface area contributed by atoms with Crippen molar-refractivity contribution < 1.29 is 18.4 Å². The second kappa shape index (κ2) is 7.51. The number of halogens is 2. The van der Waals surface area contributed by atoms with Crippen molar-refractivity contribution in [2.24, 2.45) is 0 Å². The van der Waals surface area contributed by atoms with Gasteiger partial charge in [0.1, 0.15) is 6.04 Å². The van der Waals surface area contributed by atoms with Crippen molar-refractivity contribution in [2.45, 2.75) is 25.8 Å². The summed E-state index contributed by atoms with van der Waals surface area (Å²) in [6.07, 6.45) is 1.43. The molecule has 0 aliphatic carbocycles. The van der Waals surface area contributed by atoms with Crippen LogP contribution in [0.1, 0.15) is 19.8 Å². The Morgan fingerprint density at radius 3 is 2.38 bits per heavy atom. The lowest BCUT2D eigenvalue weighted by molar-refractivity contribution is -0.117. The number of carbonyl (C=O) groups is 2. The molecule has 3 rings (SSSR count). The van der Waals surface area contributed by atoms with E-state index in [0.717, 1.165) is 30.8 Å². The Kier molecular flexibility index (Phi) is 5.16. The Morgan fingerprint density at radius 1 is 1.08 bits per heavy atom. The van der Waals surface area contributed by atoms with E-state index < -0.39 is 17.7 Å². The average Bonchev–Trinajstić information content (AvgIpc) is 3.05. The van der Waals surface area contributed by atoms with Gasteiger partial charge in [0.05, 0.1) is 0 Å². The molecule has 26 heavy (non-hydrogen) atoms. The molecule has 0 saturated carbocycles.